The molecule has 3 rings (SSSR count). The predicted molar refractivity (Wildman–Crippen MR) is 108 cm³/mol. The molecule has 2 aliphatic rings. The standard InChI is InChI=1S/C22H32N2O5/c1-15-12-16(2)18(17(3)13-15)19-20(25)22(6-8-23(28-5)9-7-22)24(21(19)26)10-11-29-14-27-4/h12-13,19H,6-11,14H2,1-5H3. The van der Waals surface area contributed by atoms with E-state index in [1.807, 2.05) is 38.0 Å². The van der Waals surface area contributed by atoms with Crippen LogP contribution in [0.5, 0.6) is 0 Å². The van der Waals surface area contributed by atoms with Crippen molar-refractivity contribution in [3.63, 3.8) is 0 Å². The Hall–Kier alpha value is -1.80. The second kappa shape index (κ2) is 8.92. The van der Waals surface area contributed by atoms with E-state index in [4.69, 9.17) is 14.3 Å². The fraction of sp³-hybridized carbons (Fsp3) is 0.636. The van der Waals surface area contributed by atoms with Crippen molar-refractivity contribution >= 4 is 11.7 Å². The minimum atomic E-state index is -0.795. The molecular weight excluding hydrogens is 372 g/mol. The highest BCUT2D eigenvalue weighted by Crippen LogP contribution is 2.44. The number of carbonyl (C=O) groups excluding carboxylic acids is 2. The molecule has 1 aromatic carbocycles. The lowest BCUT2D eigenvalue weighted by Gasteiger charge is -2.42. The summed E-state index contributed by atoms with van der Waals surface area (Å²) in [7, 11) is 3.20. The Morgan fingerprint density at radius 3 is 2.24 bits per heavy atom. The van der Waals surface area contributed by atoms with E-state index in [1.165, 1.54) is 0 Å². The quantitative estimate of drug-likeness (QED) is 0.394. The monoisotopic (exact) mass is 404 g/mol. The van der Waals surface area contributed by atoms with Crippen molar-refractivity contribution in [2.45, 2.75) is 45.1 Å². The van der Waals surface area contributed by atoms with E-state index >= 15 is 0 Å². The number of ether oxygens (including phenoxy) is 2. The average Bonchev–Trinajstić information content (AvgIpc) is 2.87. The zero-order valence-corrected chi connectivity index (χ0v) is 18.1. The van der Waals surface area contributed by atoms with Crippen LogP contribution in [0.1, 0.15) is 41.0 Å². The van der Waals surface area contributed by atoms with E-state index in [0.29, 0.717) is 39.1 Å². The van der Waals surface area contributed by atoms with Crippen molar-refractivity contribution in [3.8, 4) is 0 Å². The van der Waals surface area contributed by atoms with Crippen molar-refractivity contribution in [1.82, 2.24) is 9.96 Å². The van der Waals surface area contributed by atoms with Crippen molar-refractivity contribution < 1.29 is 23.9 Å². The number of Topliss-reactive ketones (excluding diaryl/α,β-unsaturated/α-hetero) is 1. The van der Waals surface area contributed by atoms with Gasteiger partial charge in [-0.1, -0.05) is 17.7 Å². The molecule has 29 heavy (non-hydrogen) atoms. The normalized spacial score (nSPS) is 22.1. The van der Waals surface area contributed by atoms with Gasteiger partial charge >= 0.3 is 0 Å². The average molecular weight is 405 g/mol. The predicted octanol–water partition coefficient (Wildman–Crippen LogP) is 2.12. The van der Waals surface area contributed by atoms with E-state index in [-0.39, 0.29) is 18.5 Å². The van der Waals surface area contributed by atoms with Crippen LogP contribution in [0.25, 0.3) is 0 Å². The number of likely N-dealkylation sites (tertiary alicyclic amines) is 1. The molecular formula is C22H32N2O5. The lowest BCUT2D eigenvalue weighted by Crippen LogP contribution is -2.57. The van der Waals surface area contributed by atoms with E-state index in [9.17, 15) is 9.59 Å². The summed E-state index contributed by atoms with van der Waals surface area (Å²) in [6, 6.07) is 4.10. The molecule has 1 aromatic rings. The Kier molecular flexibility index (Phi) is 6.73. The summed E-state index contributed by atoms with van der Waals surface area (Å²) < 4.78 is 10.4. The maximum absolute atomic E-state index is 13.8. The molecule has 0 radical (unpaired) electrons. The molecule has 2 fully saturated rings. The minimum absolute atomic E-state index is 0.0139. The summed E-state index contributed by atoms with van der Waals surface area (Å²) in [4.78, 5) is 34.5. The Morgan fingerprint density at radius 1 is 1.07 bits per heavy atom. The Balaban J connectivity index is 1.96. The van der Waals surface area contributed by atoms with Crippen LogP contribution in [0.15, 0.2) is 12.1 Å². The van der Waals surface area contributed by atoms with Gasteiger partial charge in [0.1, 0.15) is 18.2 Å². The molecule has 1 amide bonds. The number of piperidine rings is 1. The van der Waals surface area contributed by atoms with Gasteiger partial charge in [0.2, 0.25) is 5.91 Å². The number of hydroxylamine groups is 2. The molecule has 2 heterocycles. The van der Waals surface area contributed by atoms with Crippen LogP contribution in [-0.4, -0.2) is 74.4 Å². The summed E-state index contributed by atoms with van der Waals surface area (Å²) >= 11 is 0. The summed E-state index contributed by atoms with van der Waals surface area (Å²) in [5.74, 6) is -0.843. The first kappa shape index (κ1) is 21.9. The van der Waals surface area contributed by atoms with E-state index in [1.54, 1.807) is 19.1 Å². The molecule has 2 aliphatic heterocycles. The minimum Gasteiger partial charge on any atom is -0.359 e. The SMILES string of the molecule is COCOCCN1C(=O)C(c2c(C)cc(C)cc2C)C(=O)C12CCN(OC)CC2. The van der Waals surface area contributed by atoms with Gasteiger partial charge in [-0.2, -0.15) is 5.06 Å². The van der Waals surface area contributed by atoms with Crippen LogP contribution in [0, 0.1) is 20.8 Å². The summed E-state index contributed by atoms with van der Waals surface area (Å²) in [6.07, 6.45) is 1.13. The van der Waals surface area contributed by atoms with Crippen molar-refractivity contribution in [2.75, 3.05) is 47.3 Å². The second-order valence-corrected chi connectivity index (χ2v) is 8.06. The Labute approximate surface area is 172 Å². The van der Waals surface area contributed by atoms with Crippen LogP contribution < -0.4 is 0 Å². The largest absolute Gasteiger partial charge is 0.359 e. The van der Waals surface area contributed by atoms with Crippen LogP contribution in [0.3, 0.4) is 0 Å². The number of ketones is 1. The molecule has 0 aromatic heterocycles. The topological polar surface area (TPSA) is 68.3 Å². The first-order chi connectivity index (χ1) is 13.9. The molecule has 1 unspecified atom stereocenters. The highest BCUT2D eigenvalue weighted by molar-refractivity contribution is 6.17. The van der Waals surface area contributed by atoms with Crippen LogP contribution >= 0.6 is 0 Å². The molecule has 0 bridgehead atoms. The van der Waals surface area contributed by atoms with Crippen molar-refractivity contribution in [3.05, 3.63) is 34.4 Å². The number of benzene rings is 1. The highest BCUT2D eigenvalue weighted by atomic mass is 16.7. The molecule has 160 valence electrons. The maximum atomic E-state index is 13.8. The maximum Gasteiger partial charge on any atom is 0.238 e. The third kappa shape index (κ3) is 3.97. The second-order valence-electron chi connectivity index (χ2n) is 8.06. The van der Waals surface area contributed by atoms with Crippen LogP contribution in [0.2, 0.25) is 0 Å². The summed E-state index contributed by atoms with van der Waals surface area (Å²) in [5.41, 5.74) is 3.19. The molecule has 0 saturated carbocycles. The number of hydrogen-bond donors (Lipinski definition) is 0. The lowest BCUT2D eigenvalue weighted by molar-refractivity contribution is -0.168. The van der Waals surface area contributed by atoms with Gasteiger partial charge in [0, 0.05) is 26.7 Å². The van der Waals surface area contributed by atoms with E-state index in [2.05, 4.69) is 0 Å². The summed E-state index contributed by atoms with van der Waals surface area (Å²) in [6.45, 7) is 8.11. The Morgan fingerprint density at radius 2 is 1.69 bits per heavy atom. The third-order valence-corrected chi connectivity index (χ3v) is 6.25. The van der Waals surface area contributed by atoms with Gasteiger partial charge in [0.05, 0.1) is 13.7 Å². The molecule has 7 heteroatoms. The van der Waals surface area contributed by atoms with Gasteiger partial charge in [-0.3, -0.25) is 9.59 Å². The molecule has 2 saturated heterocycles. The molecule has 1 atom stereocenters. The van der Waals surface area contributed by atoms with Crippen LogP contribution in [0.4, 0.5) is 0 Å². The smallest absolute Gasteiger partial charge is 0.238 e. The third-order valence-electron chi connectivity index (χ3n) is 6.25. The number of nitrogens with zero attached hydrogens (tertiary/aromatic N) is 2. The first-order valence-electron chi connectivity index (χ1n) is 10.1. The number of amides is 1. The number of aryl methyl sites for hydroxylation is 3. The van der Waals surface area contributed by atoms with Gasteiger partial charge in [-0.15, -0.1) is 0 Å². The molecule has 0 aliphatic carbocycles. The molecule has 7 nitrogen and oxygen atoms in total. The lowest BCUT2D eigenvalue weighted by atomic mass is 9.78. The first-order valence-corrected chi connectivity index (χ1v) is 10.1. The molecule has 0 N–H and O–H groups in total. The molecule has 1 spiro atoms. The highest BCUT2D eigenvalue weighted by Gasteiger charge is 2.59. The van der Waals surface area contributed by atoms with Gasteiger partial charge in [0.15, 0.2) is 5.78 Å². The number of hydrogen-bond acceptors (Lipinski definition) is 6. The fourth-order valence-electron chi connectivity index (χ4n) is 4.96. The van der Waals surface area contributed by atoms with Gasteiger partial charge in [-0.25, -0.2) is 0 Å². The van der Waals surface area contributed by atoms with E-state index < -0.39 is 11.5 Å². The Bertz CT molecular complexity index is 747. The number of rotatable bonds is 7. The summed E-state index contributed by atoms with van der Waals surface area (Å²) in [5, 5.41) is 1.85. The number of carbonyl (C=O) groups is 2. The van der Waals surface area contributed by atoms with Crippen molar-refractivity contribution in [1.29, 1.82) is 0 Å². The fourth-order valence-corrected chi connectivity index (χ4v) is 4.96. The van der Waals surface area contributed by atoms with Crippen LogP contribution in [-0.2, 0) is 23.9 Å². The number of methoxy groups -OCH3 is 1. The zero-order valence-electron chi connectivity index (χ0n) is 18.1. The van der Waals surface area contributed by atoms with Gasteiger partial charge < -0.3 is 19.2 Å². The van der Waals surface area contributed by atoms with Gasteiger partial charge in [-0.05, 0) is 50.3 Å². The zero-order chi connectivity index (χ0) is 21.2. The van der Waals surface area contributed by atoms with E-state index in [0.717, 1.165) is 22.3 Å². The van der Waals surface area contributed by atoms with Gasteiger partial charge in [0.25, 0.3) is 0 Å². The van der Waals surface area contributed by atoms with Crippen molar-refractivity contribution in [2.24, 2.45) is 0 Å².